The largest absolute Gasteiger partial charge is 0.573 e. The minimum Gasteiger partial charge on any atom is -0.406 e. The number of ether oxygens (including phenoxy) is 1. The molecule has 0 spiro atoms. The predicted octanol–water partition coefficient (Wildman–Crippen LogP) is 2.38. The summed E-state index contributed by atoms with van der Waals surface area (Å²) in [4.78, 5) is 2.27. The molecule has 2 saturated heterocycles. The number of nitrogens with zero attached hydrogens (tertiary/aromatic N) is 1. The molecule has 0 saturated carbocycles. The number of alkyl halides is 3. The quantitative estimate of drug-likeness (QED) is 0.894. The summed E-state index contributed by atoms with van der Waals surface area (Å²) in [5.74, 6) is 0.489. The summed E-state index contributed by atoms with van der Waals surface area (Å²) in [6, 6.07) is 6.61. The highest BCUT2D eigenvalue weighted by atomic mass is 19.4. The van der Waals surface area contributed by atoms with Crippen molar-refractivity contribution in [1.82, 2.24) is 5.32 Å². The maximum atomic E-state index is 12.1. The number of anilines is 1. The van der Waals surface area contributed by atoms with Crippen LogP contribution in [0.15, 0.2) is 24.3 Å². The van der Waals surface area contributed by atoms with E-state index in [1.807, 2.05) is 0 Å². The average Bonchev–Trinajstić information content (AvgIpc) is 2.90. The summed E-state index contributed by atoms with van der Waals surface area (Å²) >= 11 is 0. The number of benzene rings is 1. The Morgan fingerprint density at radius 3 is 2.58 bits per heavy atom. The molecule has 2 atom stereocenters. The molecular formula is C13H15F3N2O. The van der Waals surface area contributed by atoms with Crippen LogP contribution in [0.3, 0.4) is 0 Å². The van der Waals surface area contributed by atoms with Crippen LogP contribution in [0.4, 0.5) is 18.9 Å². The van der Waals surface area contributed by atoms with Crippen LogP contribution in [0.2, 0.25) is 0 Å². The molecule has 0 aromatic heterocycles. The van der Waals surface area contributed by atoms with Crippen molar-refractivity contribution in [1.29, 1.82) is 0 Å². The number of nitrogens with one attached hydrogen (secondary N) is 1. The third kappa shape index (κ3) is 2.63. The third-order valence-electron chi connectivity index (χ3n) is 3.85. The molecule has 2 aliphatic heterocycles. The Kier molecular flexibility index (Phi) is 3.05. The standard InChI is InChI=1S/C13H15F3N2O/c14-13(15,16)19-11-3-1-10(2-4-11)18-6-5-9-7-17-8-12(9)18/h1-4,9,12,17H,5-8H2. The fourth-order valence-electron chi connectivity index (χ4n) is 3.01. The zero-order valence-electron chi connectivity index (χ0n) is 10.3. The smallest absolute Gasteiger partial charge is 0.406 e. The summed E-state index contributed by atoms with van der Waals surface area (Å²) in [6.07, 6.45) is -3.49. The first kappa shape index (κ1) is 12.6. The highest BCUT2D eigenvalue weighted by Crippen LogP contribution is 2.33. The first-order chi connectivity index (χ1) is 9.03. The van der Waals surface area contributed by atoms with E-state index in [0.717, 1.165) is 31.7 Å². The van der Waals surface area contributed by atoms with Crippen LogP contribution < -0.4 is 15.0 Å². The van der Waals surface area contributed by atoms with E-state index in [1.165, 1.54) is 12.1 Å². The Bertz CT molecular complexity index is 446. The monoisotopic (exact) mass is 272 g/mol. The third-order valence-corrected chi connectivity index (χ3v) is 3.85. The first-order valence-electron chi connectivity index (χ1n) is 6.36. The van der Waals surface area contributed by atoms with Gasteiger partial charge in [-0.1, -0.05) is 0 Å². The molecular weight excluding hydrogens is 257 g/mol. The average molecular weight is 272 g/mol. The van der Waals surface area contributed by atoms with Gasteiger partial charge in [-0.2, -0.15) is 0 Å². The number of hydrogen-bond donors (Lipinski definition) is 1. The van der Waals surface area contributed by atoms with E-state index in [9.17, 15) is 13.2 Å². The Labute approximate surface area is 109 Å². The molecule has 0 aliphatic carbocycles. The number of halogens is 3. The van der Waals surface area contributed by atoms with Crippen LogP contribution in [0.1, 0.15) is 6.42 Å². The van der Waals surface area contributed by atoms with Crippen molar-refractivity contribution in [3.8, 4) is 5.75 Å². The molecule has 104 valence electrons. The maximum Gasteiger partial charge on any atom is 0.573 e. The van der Waals surface area contributed by atoms with Gasteiger partial charge in [0.2, 0.25) is 0 Å². The summed E-state index contributed by atoms with van der Waals surface area (Å²) in [5, 5.41) is 3.35. The highest BCUT2D eigenvalue weighted by Gasteiger charge is 2.37. The van der Waals surface area contributed by atoms with E-state index in [4.69, 9.17) is 0 Å². The number of hydrogen-bond acceptors (Lipinski definition) is 3. The SMILES string of the molecule is FC(F)(F)Oc1ccc(N2CCC3CNCC32)cc1. The van der Waals surface area contributed by atoms with Gasteiger partial charge < -0.3 is 15.0 Å². The van der Waals surface area contributed by atoms with Crippen LogP contribution in [-0.4, -0.2) is 32.0 Å². The highest BCUT2D eigenvalue weighted by molar-refractivity contribution is 5.51. The van der Waals surface area contributed by atoms with Gasteiger partial charge in [-0.05, 0) is 36.6 Å². The summed E-state index contributed by atoms with van der Waals surface area (Å²) in [5.41, 5.74) is 0.964. The van der Waals surface area contributed by atoms with Crippen molar-refractivity contribution < 1.29 is 17.9 Å². The fraction of sp³-hybridized carbons (Fsp3) is 0.538. The Hall–Kier alpha value is -1.43. The second-order valence-corrected chi connectivity index (χ2v) is 5.01. The minimum atomic E-state index is -4.63. The van der Waals surface area contributed by atoms with E-state index in [-0.39, 0.29) is 5.75 Å². The summed E-state index contributed by atoms with van der Waals surface area (Å²) in [6.45, 7) is 2.96. The van der Waals surface area contributed by atoms with Gasteiger partial charge in [0, 0.05) is 31.4 Å². The van der Waals surface area contributed by atoms with E-state index in [2.05, 4.69) is 15.0 Å². The predicted molar refractivity (Wildman–Crippen MR) is 65.2 cm³/mol. The molecule has 2 fully saturated rings. The van der Waals surface area contributed by atoms with E-state index < -0.39 is 6.36 Å². The van der Waals surface area contributed by atoms with Crippen LogP contribution in [0, 0.1) is 5.92 Å². The molecule has 0 bridgehead atoms. The van der Waals surface area contributed by atoms with E-state index >= 15 is 0 Å². The fourth-order valence-corrected chi connectivity index (χ4v) is 3.01. The van der Waals surface area contributed by atoms with Gasteiger partial charge in [0.05, 0.1) is 0 Å². The lowest BCUT2D eigenvalue weighted by atomic mass is 10.1. The molecule has 1 aromatic rings. The first-order valence-corrected chi connectivity index (χ1v) is 6.36. The van der Waals surface area contributed by atoms with Crippen molar-refractivity contribution in [2.75, 3.05) is 24.5 Å². The Balaban J connectivity index is 1.72. The van der Waals surface area contributed by atoms with Gasteiger partial charge in [0.15, 0.2) is 0 Å². The Morgan fingerprint density at radius 2 is 1.89 bits per heavy atom. The molecule has 1 aromatic carbocycles. The molecule has 19 heavy (non-hydrogen) atoms. The Morgan fingerprint density at radius 1 is 1.16 bits per heavy atom. The van der Waals surface area contributed by atoms with Crippen molar-refractivity contribution in [3.63, 3.8) is 0 Å². The lowest BCUT2D eigenvalue weighted by Crippen LogP contribution is -2.34. The van der Waals surface area contributed by atoms with Crippen molar-refractivity contribution in [2.45, 2.75) is 18.8 Å². The van der Waals surface area contributed by atoms with Crippen LogP contribution in [0.25, 0.3) is 0 Å². The molecule has 2 aliphatic rings. The maximum absolute atomic E-state index is 12.1. The van der Waals surface area contributed by atoms with Gasteiger partial charge in [-0.25, -0.2) is 0 Å². The van der Waals surface area contributed by atoms with Gasteiger partial charge in [0.25, 0.3) is 0 Å². The second-order valence-electron chi connectivity index (χ2n) is 5.01. The van der Waals surface area contributed by atoms with Crippen LogP contribution in [0.5, 0.6) is 5.75 Å². The molecule has 0 amide bonds. The van der Waals surface area contributed by atoms with Crippen LogP contribution >= 0.6 is 0 Å². The molecule has 3 nitrogen and oxygen atoms in total. The zero-order chi connectivity index (χ0) is 13.5. The lowest BCUT2D eigenvalue weighted by Gasteiger charge is -2.25. The van der Waals surface area contributed by atoms with E-state index in [1.54, 1.807) is 12.1 Å². The topological polar surface area (TPSA) is 24.5 Å². The van der Waals surface area contributed by atoms with Crippen molar-refractivity contribution in [3.05, 3.63) is 24.3 Å². The molecule has 3 rings (SSSR count). The van der Waals surface area contributed by atoms with E-state index in [0.29, 0.717) is 12.0 Å². The lowest BCUT2D eigenvalue weighted by molar-refractivity contribution is -0.274. The molecule has 2 unspecified atom stereocenters. The number of fused-ring (bicyclic) bond motifs is 1. The summed E-state index contributed by atoms with van der Waals surface area (Å²) < 4.78 is 40.1. The minimum absolute atomic E-state index is 0.170. The molecule has 0 radical (unpaired) electrons. The molecule has 6 heteroatoms. The van der Waals surface area contributed by atoms with Crippen molar-refractivity contribution >= 4 is 5.69 Å². The number of rotatable bonds is 2. The van der Waals surface area contributed by atoms with Crippen molar-refractivity contribution in [2.24, 2.45) is 5.92 Å². The van der Waals surface area contributed by atoms with Gasteiger partial charge in [0.1, 0.15) is 5.75 Å². The molecule has 2 heterocycles. The van der Waals surface area contributed by atoms with Gasteiger partial charge in [-0.15, -0.1) is 13.2 Å². The van der Waals surface area contributed by atoms with Crippen LogP contribution in [-0.2, 0) is 0 Å². The van der Waals surface area contributed by atoms with Gasteiger partial charge in [-0.3, -0.25) is 0 Å². The van der Waals surface area contributed by atoms with Gasteiger partial charge >= 0.3 is 6.36 Å². The molecule has 1 N–H and O–H groups in total. The normalized spacial score (nSPS) is 26.6. The zero-order valence-corrected chi connectivity index (χ0v) is 10.3. The second kappa shape index (κ2) is 4.59. The summed E-state index contributed by atoms with van der Waals surface area (Å²) in [7, 11) is 0.